The molecular weight excluding hydrogens is 294 g/mol. The summed E-state index contributed by atoms with van der Waals surface area (Å²) < 4.78 is 0. The lowest BCUT2D eigenvalue weighted by molar-refractivity contribution is -0.132. The number of hydrogen-bond acceptors (Lipinski definition) is 4. The second-order valence-corrected chi connectivity index (χ2v) is 7.59. The standard InChI is InChI=1S/C18H31NO4/c1-13(20)7-10-18(11-8-14(2)21,12-9-15(3)22)19-16(23)17(4,5)6/h7-12H2,1-6H3,(H,19,23). The first-order valence-corrected chi connectivity index (χ1v) is 8.19. The fraction of sp³-hybridized carbons (Fsp3) is 0.778. The zero-order chi connectivity index (χ0) is 18.3. The average molecular weight is 325 g/mol. The van der Waals surface area contributed by atoms with Crippen molar-refractivity contribution in [2.75, 3.05) is 0 Å². The second kappa shape index (κ2) is 8.94. The highest BCUT2D eigenvalue weighted by atomic mass is 16.2. The van der Waals surface area contributed by atoms with Gasteiger partial charge in [0.2, 0.25) is 5.91 Å². The second-order valence-electron chi connectivity index (χ2n) is 7.59. The summed E-state index contributed by atoms with van der Waals surface area (Å²) in [6, 6.07) is 0. The van der Waals surface area contributed by atoms with E-state index < -0.39 is 11.0 Å². The zero-order valence-corrected chi connectivity index (χ0v) is 15.4. The Morgan fingerprint density at radius 2 is 1.00 bits per heavy atom. The van der Waals surface area contributed by atoms with Crippen molar-refractivity contribution < 1.29 is 19.2 Å². The third kappa shape index (κ3) is 9.26. The van der Waals surface area contributed by atoms with E-state index in [4.69, 9.17) is 0 Å². The van der Waals surface area contributed by atoms with Gasteiger partial charge in [-0.15, -0.1) is 0 Å². The molecule has 0 saturated carbocycles. The lowest BCUT2D eigenvalue weighted by Crippen LogP contribution is -2.52. The van der Waals surface area contributed by atoms with E-state index in [-0.39, 0.29) is 23.3 Å². The van der Waals surface area contributed by atoms with Gasteiger partial charge in [0, 0.05) is 30.2 Å². The van der Waals surface area contributed by atoms with Crippen LogP contribution in [-0.4, -0.2) is 28.8 Å². The van der Waals surface area contributed by atoms with Crippen LogP contribution in [0.4, 0.5) is 0 Å². The van der Waals surface area contributed by atoms with Gasteiger partial charge in [-0.3, -0.25) is 4.79 Å². The average Bonchev–Trinajstić information content (AvgIpc) is 2.39. The molecule has 0 atom stereocenters. The maximum absolute atomic E-state index is 12.4. The fourth-order valence-electron chi connectivity index (χ4n) is 2.24. The monoisotopic (exact) mass is 325 g/mol. The van der Waals surface area contributed by atoms with Crippen molar-refractivity contribution in [1.82, 2.24) is 5.32 Å². The van der Waals surface area contributed by atoms with E-state index in [0.717, 1.165) is 0 Å². The molecule has 5 nitrogen and oxygen atoms in total. The van der Waals surface area contributed by atoms with Crippen LogP contribution in [0, 0.1) is 5.41 Å². The summed E-state index contributed by atoms with van der Waals surface area (Å²) in [6.45, 7) is 9.96. The highest BCUT2D eigenvalue weighted by Gasteiger charge is 2.35. The van der Waals surface area contributed by atoms with Gasteiger partial charge in [0.1, 0.15) is 17.3 Å². The van der Waals surface area contributed by atoms with E-state index in [1.807, 2.05) is 20.8 Å². The smallest absolute Gasteiger partial charge is 0.225 e. The molecule has 0 aromatic rings. The molecule has 0 fully saturated rings. The zero-order valence-electron chi connectivity index (χ0n) is 15.4. The van der Waals surface area contributed by atoms with Crippen molar-refractivity contribution in [3.05, 3.63) is 0 Å². The maximum atomic E-state index is 12.4. The van der Waals surface area contributed by atoms with Gasteiger partial charge < -0.3 is 19.7 Å². The molecule has 0 bridgehead atoms. The number of nitrogens with one attached hydrogen (secondary N) is 1. The third-order valence-corrected chi connectivity index (χ3v) is 3.93. The third-order valence-electron chi connectivity index (χ3n) is 3.93. The minimum absolute atomic E-state index is 0.0324. The van der Waals surface area contributed by atoms with Crippen LogP contribution in [-0.2, 0) is 19.2 Å². The van der Waals surface area contributed by atoms with E-state index in [1.165, 1.54) is 20.8 Å². The maximum Gasteiger partial charge on any atom is 0.225 e. The molecular formula is C18H31NO4. The highest BCUT2D eigenvalue weighted by Crippen LogP contribution is 2.28. The van der Waals surface area contributed by atoms with E-state index in [0.29, 0.717) is 38.5 Å². The molecule has 0 rings (SSSR count). The van der Waals surface area contributed by atoms with Crippen molar-refractivity contribution in [2.24, 2.45) is 5.41 Å². The first kappa shape index (κ1) is 21.5. The molecule has 0 spiro atoms. The van der Waals surface area contributed by atoms with Crippen LogP contribution in [0.1, 0.15) is 80.1 Å². The summed E-state index contributed by atoms with van der Waals surface area (Å²) in [5, 5.41) is 3.04. The minimum Gasteiger partial charge on any atom is -0.350 e. The van der Waals surface area contributed by atoms with Crippen molar-refractivity contribution >= 4 is 23.3 Å². The van der Waals surface area contributed by atoms with E-state index >= 15 is 0 Å². The van der Waals surface area contributed by atoms with Crippen LogP contribution in [0.2, 0.25) is 0 Å². The Kier molecular flexibility index (Phi) is 8.35. The molecule has 0 aliphatic rings. The van der Waals surface area contributed by atoms with Gasteiger partial charge in [0.25, 0.3) is 0 Å². The summed E-state index contributed by atoms with van der Waals surface area (Å²) in [4.78, 5) is 46.7. The lowest BCUT2D eigenvalue weighted by atomic mass is 9.80. The van der Waals surface area contributed by atoms with Gasteiger partial charge in [-0.25, -0.2) is 0 Å². The minimum atomic E-state index is -0.687. The Bertz CT molecular complexity index is 415. The Morgan fingerprint density at radius 3 is 1.22 bits per heavy atom. The lowest BCUT2D eigenvalue weighted by Gasteiger charge is -2.37. The molecule has 0 aliphatic heterocycles. The summed E-state index contributed by atoms with van der Waals surface area (Å²) in [7, 11) is 0. The predicted octanol–water partition coefficient (Wildman–Crippen LogP) is 3.00. The topological polar surface area (TPSA) is 80.3 Å². The number of carbonyl (C=O) groups is 4. The van der Waals surface area contributed by atoms with Crippen molar-refractivity contribution in [2.45, 2.75) is 85.6 Å². The summed E-state index contributed by atoms with van der Waals surface area (Å²) >= 11 is 0. The van der Waals surface area contributed by atoms with E-state index in [9.17, 15) is 19.2 Å². The quantitative estimate of drug-likeness (QED) is 0.669. The number of rotatable bonds is 10. The summed E-state index contributed by atoms with van der Waals surface area (Å²) in [5.74, 6) is -0.0340. The van der Waals surface area contributed by atoms with Gasteiger partial charge in [0.15, 0.2) is 0 Å². The number of amides is 1. The molecule has 0 heterocycles. The molecule has 0 unspecified atom stereocenters. The van der Waals surface area contributed by atoms with Crippen LogP contribution in [0.5, 0.6) is 0 Å². The van der Waals surface area contributed by atoms with Crippen molar-refractivity contribution in [1.29, 1.82) is 0 Å². The van der Waals surface area contributed by atoms with Crippen LogP contribution in [0.25, 0.3) is 0 Å². The first-order chi connectivity index (χ1) is 10.4. The van der Waals surface area contributed by atoms with Gasteiger partial charge in [-0.1, -0.05) is 20.8 Å². The number of carbonyl (C=O) groups excluding carboxylic acids is 4. The largest absolute Gasteiger partial charge is 0.350 e. The number of ketones is 3. The van der Waals surface area contributed by atoms with Crippen LogP contribution >= 0.6 is 0 Å². The number of Topliss-reactive ketones (excluding diaryl/α,β-unsaturated/α-hetero) is 3. The normalized spacial score (nSPS) is 11.9. The Labute approximate surface area is 139 Å². The number of hydrogen-bond donors (Lipinski definition) is 1. The fourth-order valence-corrected chi connectivity index (χ4v) is 2.24. The van der Waals surface area contributed by atoms with Gasteiger partial charge in [-0.2, -0.15) is 0 Å². The van der Waals surface area contributed by atoms with Gasteiger partial charge in [0.05, 0.1) is 0 Å². The molecule has 1 N–H and O–H groups in total. The Hall–Kier alpha value is -1.52. The van der Waals surface area contributed by atoms with Gasteiger partial charge in [-0.05, 0) is 40.0 Å². The molecule has 0 aliphatic carbocycles. The molecule has 0 aromatic carbocycles. The first-order valence-electron chi connectivity index (χ1n) is 8.19. The Balaban J connectivity index is 5.39. The summed E-state index contributed by atoms with van der Waals surface area (Å²) in [5.41, 5.74) is -1.26. The van der Waals surface area contributed by atoms with Crippen LogP contribution < -0.4 is 5.32 Å². The highest BCUT2D eigenvalue weighted by molar-refractivity contribution is 5.83. The SMILES string of the molecule is CC(=O)CCC(CCC(C)=O)(CCC(C)=O)NC(=O)C(C)(C)C. The summed E-state index contributed by atoms with van der Waals surface area (Å²) in [6.07, 6.45) is 2.31. The molecule has 0 saturated heterocycles. The molecule has 1 amide bonds. The van der Waals surface area contributed by atoms with Crippen LogP contribution in [0.3, 0.4) is 0 Å². The molecule has 5 heteroatoms. The van der Waals surface area contributed by atoms with E-state index in [2.05, 4.69) is 5.32 Å². The molecule has 0 radical (unpaired) electrons. The molecule has 0 aromatic heterocycles. The van der Waals surface area contributed by atoms with Gasteiger partial charge >= 0.3 is 0 Å². The van der Waals surface area contributed by atoms with E-state index in [1.54, 1.807) is 0 Å². The molecule has 132 valence electrons. The van der Waals surface area contributed by atoms with Crippen LogP contribution in [0.15, 0.2) is 0 Å². The van der Waals surface area contributed by atoms with Crippen molar-refractivity contribution in [3.63, 3.8) is 0 Å². The molecule has 23 heavy (non-hydrogen) atoms. The predicted molar refractivity (Wildman–Crippen MR) is 90.1 cm³/mol. The van der Waals surface area contributed by atoms with Crippen molar-refractivity contribution in [3.8, 4) is 0 Å². The Morgan fingerprint density at radius 1 is 0.696 bits per heavy atom.